The van der Waals surface area contributed by atoms with Gasteiger partial charge in [-0.25, -0.2) is 4.39 Å². The molecule has 1 N–H and O–H groups in total. The van der Waals surface area contributed by atoms with Gasteiger partial charge in [-0.2, -0.15) is 0 Å². The van der Waals surface area contributed by atoms with Gasteiger partial charge in [-0.15, -0.1) is 0 Å². The summed E-state index contributed by atoms with van der Waals surface area (Å²) >= 11 is 0. The number of hydrogen-bond donors (Lipinski definition) is 1. The second-order valence-corrected chi connectivity index (χ2v) is 5.61. The molecule has 3 heteroatoms. The first-order chi connectivity index (χ1) is 9.90. The van der Waals surface area contributed by atoms with Gasteiger partial charge in [-0.1, -0.05) is 32.0 Å². The summed E-state index contributed by atoms with van der Waals surface area (Å²) in [7, 11) is 0. The van der Waals surface area contributed by atoms with E-state index in [1.807, 2.05) is 19.1 Å². The molecule has 0 bridgehead atoms. The SMILES string of the molecule is Cc1ccc(C(C)C)cc1Oc1cccc(F)c1C(C)O. The molecule has 2 nitrogen and oxygen atoms in total. The van der Waals surface area contributed by atoms with E-state index in [-0.39, 0.29) is 5.56 Å². The van der Waals surface area contributed by atoms with E-state index in [2.05, 4.69) is 19.9 Å². The number of aliphatic hydroxyl groups excluding tert-OH is 1. The van der Waals surface area contributed by atoms with Gasteiger partial charge in [0.25, 0.3) is 0 Å². The Labute approximate surface area is 125 Å². The van der Waals surface area contributed by atoms with Crippen molar-refractivity contribution in [3.63, 3.8) is 0 Å². The van der Waals surface area contributed by atoms with Gasteiger partial charge in [0, 0.05) is 0 Å². The molecule has 0 aliphatic carbocycles. The van der Waals surface area contributed by atoms with Crippen molar-refractivity contribution < 1.29 is 14.2 Å². The molecule has 112 valence electrons. The lowest BCUT2D eigenvalue weighted by atomic mass is 10.0. The van der Waals surface area contributed by atoms with Crippen LogP contribution in [-0.2, 0) is 0 Å². The summed E-state index contributed by atoms with van der Waals surface area (Å²) in [6.07, 6.45) is -0.921. The van der Waals surface area contributed by atoms with Crippen molar-refractivity contribution in [1.82, 2.24) is 0 Å². The zero-order chi connectivity index (χ0) is 15.6. The highest BCUT2D eigenvalue weighted by Crippen LogP contribution is 2.34. The van der Waals surface area contributed by atoms with E-state index in [9.17, 15) is 9.50 Å². The first-order valence-electron chi connectivity index (χ1n) is 7.15. The minimum Gasteiger partial charge on any atom is -0.457 e. The summed E-state index contributed by atoms with van der Waals surface area (Å²) in [5, 5.41) is 9.76. The zero-order valence-corrected chi connectivity index (χ0v) is 12.9. The Kier molecular flexibility index (Phi) is 4.63. The third kappa shape index (κ3) is 3.42. The van der Waals surface area contributed by atoms with Gasteiger partial charge in [-0.3, -0.25) is 0 Å². The number of aryl methyl sites for hydroxylation is 1. The molecule has 0 heterocycles. The molecule has 0 fully saturated rings. The van der Waals surface area contributed by atoms with Crippen LogP contribution in [0.5, 0.6) is 11.5 Å². The van der Waals surface area contributed by atoms with Crippen LogP contribution in [0.2, 0.25) is 0 Å². The van der Waals surface area contributed by atoms with Crippen LogP contribution < -0.4 is 4.74 Å². The third-order valence-electron chi connectivity index (χ3n) is 3.53. The number of hydrogen-bond acceptors (Lipinski definition) is 2. The van der Waals surface area contributed by atoms with E-state index in [1.54, 1.807) is 12.1 Å². The van der Waals surface area contributed by atoms with Gasteiger partial charge in [0.05, 0.1) is 11.7 Å². The summed E-state index contributed by atoms with van der Waals surface area (Å²) in [4.78, 5) is 0. The standard InChI is InChI=1S/C18H21FO2/c1-11(2)14-9-8-12(3)17(10-14)21-16-7-5-6-15(19)18(16)13(4)20/h5-11,13,20H,1-4H3. The van der Waals surface area contributed by atoms with Crippen LogP contribution in [-0.4, -0.2) is 5.11 Å². The molecule has 1 atom stereocenters. The quantitative estimate of drug-likeness (QED) is 0.847. The van der Waals surface area contributed by atoms with Crippen molar-refractivity contribution in [2.45, 2.75) is 39.7 Å². The summed E-state index contributed by atoms with van der Waals surface area (Å²) in [6, 6.07) is 10.6. The smallest absolute Gasteiger partial charge is 0.136 e. The van der Waals surface area contributed by atoms with Gasteiger partial charge in [0.1, 0.15) is 17.3 Å². The first-order valence-corrected chi connectivity index (χ1v) is 7.15. The van der Waals surface area contributed by atoms with Crippen molar-refractivity contribution in [2.75, 3.05) is 0 Å². The Morgan fingerprint density at radius 3 is 2.38 bits per heavy atom. The Bertz CT molecular complexity index is 633. The average molecular weight is 288 g/mol. The third-order valence-corrected chi connectivity index (χ3v) is 3.53. The van der Waals surface area contributed by atoms with Crippen molar-refractivity contribution in [3.05, 3.63) is 58.9 Å². The van der Waals surface area contributed by atoms with E-state index in [0.717, 1.165) is 11.1 Å². The maximum absolute atomic E-state index is 13.9. The lowest BCUT2D eigenvalue weighted by molar-refractivity contribution is 0.190. The topological polar surface area (TPSA) is 29.5 Å². The number of benzene rings is 2. The fraction of sp³-hybridized carbons (Fsp3) is 0.333. The second kappa shape index (κ2) is 6.27. The van der Waals surface area contributed by atoms with E-state index < -0.39 is 11.9 Å². The van der Waals surface area contributed by atoms with Crippen LogP contribution in [0.3, 0.4) is 0 Å². The molecule has 1 unspecified atom stereocenters. The lowest BCUT2D eigenvalue weighted by Crippen LogP contribution is -2.01. The number of rotatable bonds is 4. The van der Waals surface area contributed by atoms with Crippen molar-refractivity contribution in [3.8, 4) is 11.5 Å². The minimum atomic E-state index is -0.921. The highest BCUT2D eigenvalue weighted by molar-refractivity contribution is 5.44. The first kappa shape index (κ1) is 15.5. The molecule has 2 rings (SSSR count). The second-order valence-electron chi connectivity index (χ2n) is 5.61. The molecular weight excluding hydrogens is 267 g/mol. The number of ether oxygens (including phenoxy) is 1. The Balaban J connectivity index is 2.43. The van der Waals surface area contributed by atoms with Crippen molar-refractivity contribution >= 4 is 0 Å². The molecule has 0 aliphatic heterocycles. The van der Waals surface area contributed by atoms with Crippen LogP contribution >= 0.6 is 0 Å². The Hall–Kier alpha value is -1.87. The van der Waals surface area contributed by atoms with Gasteiger partial charge in [-0.05, 0) is 49.1 Å². The average Bonchev–Trinajstić information content (AvgIpc) is 2.40. The van der Waals surface area contributed by atoms with Crippen molar-refractivity contribution in [2.24, 2.45) is 0 Å². The van der Waals surface area contributed by atoms with Crippen LogP contribution in [0.1, 0.15) is 49.5 Å². The predicted octanol–water partition coefficient (Wildman–Crippen LogP) is 5.10. The molecule has 0 spiro atoms. The molecule has 2 aromatic carbocycles. The van der Waals surface area contributed by atoms with Crippen LogP contribution in [0.15, 0.2) is 36.4 Å². The highest BCUT2D eigenvalue weighted by atomic mass is 19.1. The molecule has 0 aliphatic rings. The van der Waals surface area contributed by atoms with Crippen LogP contribution in [0.4, 0.5) is 4.39 Å². The maximum Gasteiger partial charge on any atom is 0.136 e. The van der Waals surface area contributed by atoms with Crippen LogP contribution in [0, 0.1) is 12.7 Å². The summed E-state index contributed by atoms with van der Waals surface area (Å²) in [5.41, 5.74) is 2.32. The fourth-order valence-corrected chi connectivity index (χ4v) is 2.22. The summed E-state index contributed by atoms with van der Waals surface area (Å²) < 4.78 is 19.7. The molecular formula is C18H21FO2. The van der Waals surface area contributed by atoms with Gasteiger partial charge in [0.15, 0.2) is 0 Å². The molecule has 0 aromatic heterocycles. The molecule has 21 heavy (non-hydrogen) atoms. The summed E-state index contributed by atoms with van der Waals surface area (Å²) in [6.45, 7) is 7.69. The molecule has 0 saturated heterocycles. The van der Waals surface area contributed by atoms with E-state index in [0.29, 0.717) is 17.4 Å². The summed E-state index contributed by atoms with van der Waals surface area (Å²) in [5.74, 6) is 0.972. The Morgan fingerprint density at radius 2 is 1.76 bits per heavy atom. The monoisotopic (exact) mass is 288 g/mol. The van der Waals surface area contributed by atoms with Crippen molar-refractivity contribution in [1.29, 1.82) is 0 Å². The fourth-order valence-electron chi connectivity index (χ4n) is 2.22. The van der Waals surface area contributed by atoms with E-state index in [1.165, 1.54) is 13.0 Å². The molecule has 0 saturated carbocycles. The van der Waals surface area contributed by atoms with Gasteiger partial charge >= 0.3 is 0 Å². The normalized spacial score (nSPS) is 12.5. The predicted molar refractivity (Wildman–Crippen MR) is 82.4 cm³/mol. The van der Waals surface area contributed by atoms with Gasteiger partial charge < -0.3 is 9.84 Å². The minimum absolute atomic E-state index is 0.187. The molecule has 2 aromatic rings. The highest BCUT2D eigenvalue weighted by Gasteiger charge is 2.16. The van der Waals surface area contributed by atoms with Gasteiger partial charge in [0.2, 0.25) is 0 Å². The number of halogens is 1. The number of aliphatic hydroxyl groups is 1. The zero-order valence-electron chi connectivity index (χ0n) is 12.9. The lowest BCUT2D eigenvalue weighted by Gasteiger charge is -2.16. The maximum atomic E-state index is 13.9. The van der Waals surface area contributed by atoms with E-state index >= 15 is 0 Å². The largest absolute Gasteiger partial charge is 0.457 e. The van der Waals surface area contributed by atoms with Crippen LogP contribution in [0.25, 0.3) is 0 Å². The molecule has 0 radical (unpaired) electrons. The van der Waals surface area contributed by atoms with E-state index in [4.69, 9.17) is 4.74 Å². The molecule has 0 amide bonds. The Morgan fingerprint density at radius 1 is 1.05 bits per heavy atom.